The van der Waals surface area contributed by atoms with Crippen molar-refractivity contribution in [3.8, 4) is 5.75 Å². The molecule has 0 heterocycles. The first-order valence-electron chi connectivity index (χ1n) is 4.91. The molecule has 2 nitrogen and oxygen atoms in total. The van der Waals surface area contributed by atoms with Crippen LogP contribution < -0.4 is 0 Å². The predicted molar refractivity (Wildman–Crippen MR) is 70.5 cm³/mol. The average Bonchev–Trinajstić information content (AvgIpc) is 2.27. The maximum absolute atomic E-state index is 9.67. The summed E-state index contributed by atoms with van der Waals surface area (Å²) in [6, 6.07) is 11.6. The number of benzene rings is 2. The zero-order valence-electron chi connectivity index (χ0n) is 8.74. The van der Waals surface area contributed by atoms with E-state index < -0.39 is 0 Å². The summed E-state index contributed by atoms with van der Waals surface area (Å²) in [6.07, 6.45) is 0. The number of phenolic OH excluding ortho intramolecular Hbond substituents is 1. The van der Waals surface area contributed by atoms with Gasteiger partial charge in [-0.15, -0.1) is 0 Å². The van der Waals surface area contributed by atoms with Gasteiger partial charge in [0.2, 0.25) is 0 Å². The third-order valence-electron chi connectivity index (χ3n) is 2.32. The average molecular weight is 266 g/mol. The fourth-order valence-corrected chi connectivity index (χ4v) is 2.06. The fourth-order valence-electron chi connectivity index (χ4n) is 1.54. The number of rotatable bonds is 2. The highest BCUT2D eigenvalue weighted by Crippen LogP contribution is 2.24. The standard InChI is InChI=1S/C13H9Cl2NO/c14-9-5-8(6-10(15)7-9)13(16)11-3-1-2-4-12(11)17/h1-7,16-17H. The van der Waals surface area contributed by atoms with Gasteiger partial charge in [0.05, 0.1) is 5.71 Å². The molecular formula is C13H9Cl2NO. The summed E-state index contributed by atoms with van der Waals surface area (Å²) in [5, 5.41) is 18.6. The molecule has 0 aromatic heterocycles. The number of hydrogen-bond acceptors (Lipinski definition) is 2. The molecule has 0 bridgehead atoms. The summed E-state index contributed by atoms with van der Waals surface area (Å²) in [6.45, 7) is 0. The fraction of sp³-hybridized carbons (Fsp3) is 0. The Balaban J connectivity index is 2.48. The van der Waals surface area contributed by atoms with E-state index >= 15 is 0 Å². The van der Waals surface area contributed by atoms with Crippen LogP contribution in [0.4, 0.5) is 0 Å². The summed E-state index contributed by atoms with van der Waals surface area (Å²) >= 11 is 11.8. The van der Waals surface area contributed by atoms with Gasteiger partial charge >= 0.3 is 0 Å². The van der Waals surface area contributed by atoms with Gasteiger partial charge in [-0.25, -0.2) is 0 Å². The molecule has 2 aromatic carbocycles. The molecule has 0 aliphatic heterocycles. The number of hydrogen-bond donors (Lipinski definition) is 2. The molecule has 0 spiro atoms. The Morgan fingerprint density at radius 1 is 1.00 bits per heavy atom. The number of nitrogens with one attached hydrogen (secondary N) is 1. The summed E-state index contributed by atoms with van der Waals surface area (Å²) in [7, 11) is 0. The van der Waals surface area contributed by atoms with Crippen LogP contribution in [0.2, 0.25) is 10.0 Å². The maximum Gasteiger partial charge on any atom is 0.124 e. The molecule has 2 aromatic rings. The van der Waals surface area contributed by atoms with Gasteiger partial charge in [0.15, 0.2) is 0 Å². The van der Waals surface area contributed by atoms with E-state index in [1.54, 1.807) is 36.4 Å². The van der Waals surface area contributed by atoms with Gasteiger partial charge in [-0.05, 0) is 30.3 Å². The van der Waals surface area contributed by atoms with Crippen LogP contribution in [0.15, 0.2) is 42.5 Å². The molecule has 0 aliphatic rings. The van der Waals surface area contributed by atoms with Crippen molar-refractivity contribution in [1.29, 1.82) is 5.41 Å². The van der Waals surface area contributed by atoms with Crippen LogP contribution >= 0.6 is 23.2 Å². The minimum Gasteiger partial charge on any atom is -0.507 e. The molecule has 0 unspecified atom stereocenters. The molecule has 2 rings (SSSR count). The molecule has 0 saturated heterocycles. The van der Waals surface area contributed by atoms with Crippen molar-refractivity contribution in [2.24, 2.45) is 0 Å². The topological polar surface area (TPSA) is 44.1 Å². The predicted octanol–water partition coefficient (Wildman–Crippen LogP) is 4.12. The van der Waals surface area contributed by atoms with Gasteiger partial charge < -0.3 is 5.11 Å². The number of phenols is 1. The Labute approximate surface area is 109 Å². The lowest BCUT2D eigenvalue weighted by atomic mass is 10.0. The van der Waals surface area contributed by atoms with E-state index in [4.69, 9.17) is 28.6 Å². The van der Waals surface area contributed by atoms with Gasteiger partial charge in [0.25, 0.3) is 0 Å². The van der Waals surface area contributed by atoms with Crippen LogP contribution in [-0.4, -0.2) is 10.8 Å². The van der Waals surface area contributed by atoms with Crippen LogP contribution in [0.1, 0.15) is 11.1 Å². The first-order chi connectivity index (χ1) is 8.08. The van der Waals surface area contributed by atoms with Crippen molar-refractivity contribution in [3.05, 3.63) is 63.6 Å². The van der Waals surface area contributed by atoms with Crippen molar-refractivity contribution >= 4 is 28.9 Å². The first-order valence-corrected chi connectivity index (χ1v) is 5.67. The maximum atomic E-state index is 9.67. The largest absolute Gasteiger partial charge is 0.507 e. The summed E-state index contributed by atoms with van der Waals surface area (Å²) in [4.78, 5) is 0. The third-order valence-corrected chi connectivity index (χ3v) is 2.76. The molecule has 2 N–H and O–H groups in total. The van der Waals surface area contributed by atoms with Crippen molar-refractivity contribution in [3.63, 3.8) is 0 Å². The molecule has 0 saturated carbocycles. The van der Waals surface area contributed by atoms with Gasteiger partial charge in [0, 0.05) is 21.2 Å². The van der Waals surface area contributed by atoms with Crippen molar-refractivity contribution in [2.45, 2.75) is 0 Å². The molecular weight excluding hydrogens is 257 g/mol. The summed E-state index contributed by atoms with van der Waals surface area (Å²) in [5.41, 5.74) is 1.21. The zero-order valence-corrected chi connectivity index (χ0v) is 10.3. The van der Waals surface area contributed by atoms with E-state index in [2.05, 4.69) is 0 Å². The van der Waals surface area contributed by atoms with Crippen molar-refractivity contribution in [1.82, 2.24) is 0 Å². The van der Waals surface area contributed by atoms with Crippen molar-refractivity contribution in [2.75, 3.05) is 0 Å². The van der Waals surface area contributed by atoms with Crippen LogP contribution in [0, 0.1) is 5.41 Å². The van der Waals surface area contributed by atoms with E-state index in [0.29, 0.717) is 21.2 Å². The van der Waals surface area contributed by atoms with Crippen LogP contribution in [0.25, 0.3) is 0 Å². The second-order valence-corrected chi connectivity index (χ2v) is 4.42. The molecule has 4 heteroatoms. The van der Waals surface area contributed by atoms with Crippen molar-refractivity contribution < 1.29 is 5.11 Å². The van der Waals surface area contributed by atoms with Gasteiger partial charge in [-0.1, -0.05) is 35.3 Å². The minimum absolute atomic E-state index is 0.0635. The molecule has 0 atom stereocenters. The lowest BCUT2D eigenvalue weighted by Gasteiger charge is -2.07. The Morgan fingerprint density at radius 2 is 1.59 bits per heavy atom. The highest BCUT2D eigenvalue weighted by molar-refractivity contribution is 6.35. The first kappa shape index (κ1) is 12.0. The van der Waals surface area contributed by atoms with Gasteiger partial charge in [-0.3, -0.25) is 5.41 Å². The Hall–Kier alpha value is -1.51. The van der Waals surface area contributed by atoms with E-state index in [1.807, 2.05) is 0 Å². The SMILES string of the molecule is N=C(c1cc(Cl)cc(Cl)c1)c1ccccc1O. The van der Waals surface area contributed by atoms with Gasteiger partial charge in [0.1, 0.15) is 5.75 Å². The lowest BCUT2D eigenvalue weighted by Crippen LogP contribution is -2.01. The monoisotopic (exact) mass is 265 g/mol. The molecule has 0 fully saturated rings. The zero-order chi connectivity index (χ0) is 12.4. The van der Waals surface area contributed by atoms with Crippen LogP contribution in [0.5, 0.6) is 5.75 Å². The summed E-state index contributed by atoms with van der Waals surface area (Å²) in [5.74, 6) is 0.0635. The molecule has 0 radical (unpaired) electrons. The normalized spacial score (nSPS) is 10.2. The number of halogens is 2. The molecule has 0 aliphatic carbocycles. The highest BCUT2D eigenvalue weighted by Gasteiger charge is 2.10. The Bertz CT molecular complexity index is 561. The highest BCUT2D eigenvalue weighted by atomic mass is 35.5. The van der Waals surface area contributed by atoms with Crippen LogP contribution in [-0.2, 0) is 0 Å². The summed E-state index contributed by atoms with van der Waals surface area (Å²) < 4.78 is 0. The van der Waals surface area contributed by atoms with E-state index in [9.17, 15) is 5.11 Å². The van der Waals surface area contributed by atoms with Crippen LogP contribution in [0.3, 0.4) is 0 Å². The lowest BCUT2D eigenvalue weighted by molar-refractivity contribution is 0.474. The quantitative estimate of drug-likeness (QED) is 0.789. The second-order valence-electron chi connectivity index (χ2n) is 3.55. The molecule has 0 amide bonds. The second kappa shape index (κ2) is 4.78. The third kappa shape index (κ3) is 2.60. The smallest absolute Gasteiger partial charge is 0.124 e. The van der Waals surface area contributed by atoms with Gasteiger partial charge in [-0.2, -0.15) is 0 Å². The minimum atomic E-state index is 0.0635. The molecule has 17 heavy (non-hydrogen) atoms. The molecule has 86 valence electrons. The van der Waals surface area contributed by atoms with E-state index in [-0.39, 0.29) is 11.5 Å². The Kier molecular flexibility index (Phi) is 3.36. The van der Waals surface area contributed by atoms with E-state index in [0.717, 1.165) is 0 Å². The number of para-hydroxylation sites is 1. The van der Waals surface area contributed by atoms with E-state index in [1.165, 1.54) is 6.07 Å². The Morgan fingerprint density at radius 3 is 2.18 bits per heavy atom. The number of aromatic hydroxyl groups is 1.